The first-order valence-corrected chi connectivity index (χ1v) is 5.96. The smallest absolute Gasteiger partial charge is 0.178 e. The van der Waals surface area contributed by atoms with E-state index in [1.165, 1.54) is 24.7 Å². The van der Waals surface area contributed by atoms with Gasteiger partial charge in [0.15, 0.2) is 5.75 Å². The standard InChI is InChI=1S/C10H7Cl3N4O/c11-7-3-9(13)10(4-8(7)12)18-16-1-2-17-6-14-5-15-17/h1,3-6H,2H2/b16-1+. The summed E-state index contributed by atoms with van der Waals surface area (Å²) in [5, 5.41) is 8.69. The van der Waals surface area contributed by atoms with Crippen LogP contribution < -0.4 is 4.84 Å². The highest BCUT2D eigenvalue weighted by Gasteiger charge is 2.06. The third-order valence-corrected chi connectivity index (χ3v) is 2.95. The minimum Gasteiger partial charge on any atom is -0.356 e. The Labute approximate surface area is 118 Å². The molecule has 0 saturated carbocycles. The first-order valence-electron chi connectivity index (χ1n) is 4.82. The Kier molecular flexibility index (Phi) is 4.41. The van der Waals surface area contributed by atoms with Gasteiger partial charge in [-0.1, -0.05) is 40.0 Å². The Morgan fingerprint density at radius 3 is 2.72 bits per heavy atom. The van der Waals surface area contributed by atoms with Crippen molar-refractivity contribution in [2.24, 2.45) is 5.16 Å². The molecule has 0 unspecified atom stereocenters. The third kappa shape index (κ3) is 3.35. The maximum atomic E-state index is 5.91. The van der Waals surface area contributed by atoms with Gasteiger partial charge in [0, 0.05) is 6.07 Å². The zero-order valence-corrected chi connectivity index (χ0v) is 11.2. The molecule has 0 aliphatic carbocycles. The molecule has 0 spiro atoms. The highest BCUT2D eigenvalue weighted by atomic mass is 35.5. The summed E-state index contributed by atoms with van der Waals surface area (Å²) >= 11 is 17.5. The second-order valence-corrected chi connectivity index (χ2v) is 4.42. The molecule has 18 heavy (non-hydrogen) atoms. The van der Waals surface area contributed by atoms with Crippen molar-refractivity contribution in [1.29, 1.82) is 0 Å². The van der Waals surface area contributed by atoms with E-state index in [0.717, 1.165) is 0 Å². The van der Waals surface area contributed by atoms with Gasteiger partial charge in [-0.05, 0) is 6.07 Å². The molecule has 0 atom stereocenters. The number of benzene rings is 1. The molecule has 0 bridgehead atoms. The third-order valence-electron chi connectivity index (χ3n) is 1.94. The van der Waals surface area contributed by atoms with E-state index in [1.54, 1.807) is 11.0 Å². The zero-order chi connectivity index (χ0) is 13.0. The van der Waals surface area contributed by atoms with Crippen molar-refractivity contribution in [3.05, 3.63) is 39.9 Å². The lowest BCUT2D eigenvalue weighted by atomic mass is 10.3. The normalized spacial score (nSPS) is 11.1. The van der Waals surface area contributed by atoms with Crippen LogP contribution in [0, 0.1) is 0 Å². The molecule has 0 saturated heterocycles. The fourth-order valence-electron chi connectivity index (χ4n) is 1.11. The van der Waals surface area contributed by atoms with E-state index in [4.69, 9.17) is 39.6 Å². The number of oxime groups is 1. The summed E-state index contributed by atoms with van der Waals surface area (Å²) < 4.78 is 1.59. The number of rotatable bonds is 4. The minimum atomic E-state index is 0.334. The summed E-state index contributed by atoms with van der Waals surface area (Å²) in [6.07, 6.45) is 4.52. The van der Waals surface area contributed by atoms with Gasteiger partial charge in [-0.2, -0.15) is 5.10 Å². The van der Waals surface area contributed by atoms with Gasteiger partial charge in [-0.3, -0.25) is 0 Å². The average Bonchev–Trinajstić information content (AvgIpc) is 2.84. The molecule has 1 aromatic heterocycles. The quantitative estimate of drug-likeness (QED) is 0.495. The van der Waals surface area contributed by atoms with Crippen LogP contribution in [0.15, 0.2) is 29.9 Å². The SMILES string of the molecule is Clc1cc(Cl)c(O/N=C/Cn2cncn2)cc1Cl. The van der Waals surface area contributed by atoms with E-state index in [9.17, 15) is 0 Å². The van der Waals surface area contributed by atoms with E-state index in [2.05, 4.69) is 15.2 Å². The molecule has 2 rings (SSSR count). The highest BCUT2D eigenvalue weighted by Crippen LogP contribution is 2.33. The van der Waals surface area contributed by atoms with Crippen LogP contribution in [0.5, 0.6) is 5.75 Å². The van der Waals surface area contributed by atoms with E-state index in [1.807, 2.05) is 0 Å². The molecule has 0 fully saturated rings. The number of hydrogen-bond donors (Lipinski definition) is 0. The number of halogens is 3. The summed E-state index contributed by atoms with van der Waals surface area (Å²) in [6, 6.07) is 2.99. The Morgan fingerprint density at radius 2 is 2.00 bits per heavy atom. The van der Waals surface area contributed by atoms with Crippen LogP contribution in [-0.4, -0.2) is 21.0 Å². The zero-order valence-electron chi connectivity index (χ0n) is 8.92. The Hall–Kier alpha value is -1.30. The molecule has 0 aliphatic rings. The van der Waals surface area contributed by atoms with Gasteiger partial charge >= 0.3 is 0 Å². The molecule has 5 nitrogen and oxygen atoms in total. The number of hydrogen-bond acceptors (Lipinski definition) is 4. The Bertz CT molecular complexity index is 557. The maximum Gasteiger partial charge on any atom is 0.178 e. The van der Waals surface area contributed by atoms with Crippen LogP contribution in [0.2, 0.25) is 15.1 Å². The topological polar surface area (TPSA) is 52.3 Å². The van der Waals surface area contributed by atoms with Gasteiger partial charge in [-0.15, -0.1) is 0 Å². The van der Waals surface area contributed by atoms with Gasteiger partial charge in [0.1, 0.15) is 12.7 Å². The lowest BCUT2D eigenvalue weighted by Gasteiger charge is -2.03. The van der Waals surface area contributed by atoms with Crippen molar-refractivity contribution < 1.29 is 4.84 Å². The van der Waals surface area contributed by atoms with Crippen LogP contribution in [0.1, 0.15) is 0 Å². The monoisotopic (exact) mass is 304 g/mol. The number of nitrogens with zero attached hydrogens (tertiary/aromatic N) is 4. The van der Waals surface area contributed by atoms with Gasteiger partial charge in [0.2, 0.25) is 0 Å². The van der Waals surface area contributed by atoms with Crippen molar-refractivity contribution in [3.8, 4) is 5.75 Å². The summed E-state index contributed by atoms with van der Waals surface area (Å²) in [6.45, 7) is 0.443. The minimum absolute atomic E-state index is 0.334. The largest absolute Gasteiger partial charge is 0.356 e. The van der Waals surface area contributed by atoms with Crippen molar-refractivity contribution in [3.63, 3.8) is 0 Å². The van der Waals surface area contributed by atoms with E-state index >= 15 is 0 Å². The second-order valence-electron chi connectivity index (χ2n) is 3.19. The molecule has 94 valence electrons. The Morgan fingerprint density at radius 1 is 1.22 bits per heavy atom. The van der Waals surface area contributed by atoms with Crippen LogP contribution in [0.3, 0.4) is 0 Å². The fourth-order valence-corrected chi connectivity index (χ4v) is 1.68. The van der Waals surface area contributed by atoms with Gasteiger partial charge < -0.3 is 4.84 Å². The molecule has 1 heterocycles. The van der Waals surface area contributed by atoms with Gasteiger partial charge in [-0.25, -0.2) is 9.67 Å². The number of aromatic nitrogens is 3. The molecule has 0 aliphatic heterocycles. The predicted molar refractivity (Wildman–Crippen MR) is 70.6 cm³/mol. The molecule has 2 aromatic rings. The molecule has 0 radical (unpaired) electrons. The van der Waals surface area contributed by atoms with E-state index < -0.39 is 0 Å². The van der Waals surface area contributed by atoms with Gasteiger partial charge in [0.25, 0.3) is 0 Å². The van der Waals surface area contributed by atoms with E-state index in [-0.39, 0.29) is 0 Å². The van der Waals surface area contributed by atoms with Gasteiger partial charge in [0.05, 0.1) is 27.8 Å². The van der Waals surface area contributed by atoms with Crippen LogP contribution in [0.25, 0.3) is 0 Å². The molecular formula is C10H7Cl3N4O. The molecule has 1 aromatic carbocycles. The molecule has 8 heteroatoms. The second kappa shape index (κ2) is 6.04. The highest BCUT2D eigenvalue weighted by molar-refractivity contribution is 6.43. The molecule has 0 N–H and O–H groups in total. The van der Waals surface area contributed by atoms with Crippen LogP contribution in [-0.2, 0) is 6.54 Å². The molecular weight excluding hydrogens is 298 g/mol. The van der Waals surface area contributed by atoms with Crippen molar-refractivity contribution in [1.82, 2.24) is 14.8 Å². The summed E-state index contributed by atoms with van der Waals surface area (Å²) in [5.74, 6) is 0.334. The lowest BCUT2D eigenvalue weighted by Crippen LogP contribution is -2.00. The molecule has 0 amide bonds. The summed E-state index contributed by atoms with van der Waals surface area (Å²) in [4.78, 5) is 8.89. The predicted octanol–water partition coefficient (Wildman–Crippen LogP) is 3.30. The van der Waals surface area contributed by atoms with Crippen molar-refractivity contribution in [2.45, 2.75) is 6.54 Å². The summed E-state index contributed by atoms with van der Waals surface area (Å²) in [7, 11) is 0. The fraction of sp³-hybridized carbons (Fsp3) is 0.100. The van der Waals surface area contributed by atoms with Crippen LogP contribution in [0.4, 0.5) is 0 Å². The van der Waals surface area contributed by atoms with Crippen molar-refractivity contribution in [2.75, 3.05) is 0 Å². The summed E-state index contributed by atoms with van der Waals surface area (Å²) in [5.41, 5.74) is 0. The first kappa shape index (κ1) is 13.1. The lowest BCUT2D eigenvalue weighted by molar-refractivity contribution is 0.342. The maximum absolute atomic E-state index is 5.91. The first-order chi connectivity index (χ1) is 8.66. The average molecular weight is 306 g/mol. The van der Waals surface area contributed by atoms with Crippen LogP contribution >= 0.6 is 34.8 Å². The Balaban J connectivity index is 1.98. The van der Waals surface area contributed by atoms with E-state index in [0.29, 0.717) is 27.4 Å². The van der Waals surface area contributed by atoms with Crippen molar-refractivity contribution >= 4 is 41.0 Å².